The minimum absolute atomic E-state index is 0.123. The zero-order chi connectivity index (χ0) is 10.4. The molecule has 1 heteroatoms. The minimum atomic E-state index is 0.123. The third-order valence-corrected chi connectivity index (χ3v) is 2.63. The van der Waals surface area contributed by atoms with Gasteiger partial charge in [0.1, 0.15) is 5.78 Å². The predicted octanol–water partition coefficient (Wildman–Crippen LogP) is 3.43. The van der Waals surface area contributed by atoms with Crippen molar-refractivity contribution in [3.8, 4) is 0 Å². The van der Waals surface area contributed by atoms with Crippen molar-refractivity contribution in [1.29, 1.82) is 0 Å². The number of rotatable bonds is 3. The van der Waals surface area contributed by atoms with Crippen LogP contribution in [0.15, 0.2) is 36.5 Å². The average molecular weight is 190 g/mol. The van der Waals surface area contributed by atoms with Crippen LogP contribution in [0.3, 0.4) is 0 Å². The highest BCUT2D eigenvalue weighted by molar-refractivity contribution is 5.85. The van der Waals surface area contributed by atoms with Crippen LogP contribution in [0.25, 0.3) is 0 Å². The Kier molecular flexibility index (Phi) is 4.37. The molecular formula is C13H18O. The molecule has 0 aromatic rings. The van der Waals surface area contributed by atoms with Gasteiger partial charge in [0.25, 0.3) is 0 Å². The topological polar surface area (TPSA) is 17.1 Å². The van der Waals surface area contributed by atoms with Gasteiger partial charge in [0.05, 0.1) is 0 Å². The Hall–Kier alpha value is -1.11. The third-order valence-electron chi connectivity index (χ3n) is 2.63. The number of Topliss-reactive ketones (excluding diaryl/α,β-unsaturated/α-hetero) is 1. The molecule has 1 nitrogen and oxygen atoms in total. The third kappa shape index (κ3) is 2.69. The maximum atomic E-state index is 11.7. The second kappa shape index (κ2) is 5.58. The van der Waals surface area contributed by atoms with Crippen molar-refractivity contribution < 1.29 is 4.79 Å². The molecule has 0 aromatic carbocycles. The Morgan fingerprint density at radius 2 is 2.29 bits per heavy atom. The van der Waals surface area contributed by atoms with E-state index in [1.165, 1.54) is 6.42 Å². The maximum absolute atomic E-state index is 11.7. The fourth-order valence-corrected chi connectivity index (χ4v) is 1.95. The van der Waals surface area contributed by atoms with Gasteiger partial charge in [-0.25, -0.2) is 0 Å². The van der Waals surface area contributed by atoms with Gasteiger partial charge in [-0.1, -0.05) is 37.3 Å². The van der Waals surface area contributed by atoms with Crippen LogP contribution < -0.4 is 0 Å². The van der Waals surface area contributed by atoms with E-state index in [4.69, 9.17) is 0 Å². The van der Waals surface area contributed by atoms with Gasteiger partial charge in [-0.05, 0) is 25.3 Å². The molecule has 1 rings (SSSR count). The molecule has 1 atom stereocenters. The Morgan fingerprint density at radius 1 is 1.50 bits per heavy atom. The zero-order valence-electron chi connectivity index (χ0n) is 8.83. The van der Waals surface area contributed by atoms with Crippen molar-refractivity contribution in [2.24, 2.45) is 5.92 Å². The van der Waals surface area contributed by atoms with Crippen molar-refractivity contribution in [1.82, 2.24) is 0 Å². The lowest BCUT2D eigenvalue weighted by Gasteiger charge is -2.21. The quantitative estimate of drug-likeness (QED) is 0.623. The lowest BCUT2D eigenvalue weighted by atomic mass is 9.82. The van der Waals surface area contributed by atoms with Crippen LogP contribution in [0, 0.1) is 5.92 Å². The average Bonchev–Trinajstić information content (AvgIpc) is 2.18. The number of carbonyl (C=O) groups is 1. The van der Waals surface area contributed by atoms with E-state index in [9.17, 15) is 4.79 Å². The van der Waals surface area contributed by atoms with E-state index in [-0.39, 0.29) is 5.92 Å². The molecule has 0 spiro atoms. The predicted molar refractivity (Wildman–Crippen MR) is 60.1 cm³/mol. The fraction of sp³-hybridized carbons (Fsp3) is 0.462. The normalized spacial score (nSPS) is 24.2. The second-order valence-electron chi connectivity index (χ2n) is 3.67. The Morgan fingerprint density at radius 3 is 2.86 bits per heavy atom. The van der Waals surface area contributed by atoms with Crippen molar-refractivity contribution in [2.75, 3.05) is 0 Å². The van der Waals surface area contributed by atoms with Crippen LogP contribution in [0.4, 0.5) is 0 Å². The highest BCUT2D eigenvalue weighted by Crippen LogP contribution is 2.27. The van der Waals surface area contributed by atoms with Crippen LogP contribution >= 0.6 is 0 Å². The van der Waals surface area contributed by atoms with Gasteiger partial charge in [0.2, 0.25) is 0 Å². The molecule has 1 aliphatic carbocycles. The second-order valence-corrected chi connectivity index (χ2v) is 3.67. The number of hydrogen-bond donors (Lipinski definition) is 0. The Balaban J connectivity index is 2.80. The van der Waals surface area contributed by atoms with Crippen molar-refractivity contribution in [3.05, 3.63) is 36.5 Å². The highest BCUT2D eigenvalue weighted by Gasteiger charge is 2.23. The maximum Gasteiger partial charge on any atom is 0.140 e. The molecule has 0 saturated heterocycles. The van der Waals surface area contributed by atoms with E-state index in [2.05, 4.69) is 6.58 Å². The van der Waals surface area contributed by atoms with E-state index in [1.807, 2.05) is 25.2 Å². The summed E-state index contributed by atoms with van der Waals surface area (Å²) < 4.78 is 0. The van der Waals surface area contributed by atoms with Crippen LogP contribution in [0.5, 0.6) is 0 Å². The zero-order valence-corrected chi connectivity index (χ0v) is 8.83. The lowest BCUT2D eigenvalue weighted by Crippen LogP contribution is -2.20. The fourth-order valence-electron chi connectivity index (χ4n) is 1.95. The molecule has 76 valence electrons. The first kappa shape index (κ1) is 11.0. The van der Waals surface area contributed by atoms with E-state index < -0.39 is 0 Å². The van der Waals surface area contributed by atoms with Crippen LogP contribution in [-0.2, 0) is 4.79 Å². The molecular weight excluding hydrogens is 172 g/mol. The van der Waals surface area contributed by atoms with E-state index in [0.717, 1.165) is 24.8 Å². The Bertz CT molecular complexity index is 271. The number of carbonyl (C=O) groups excluding carboxylic acids is 1. The van der Waals surface area contributed by atoms with Crippen molar-refractivity contribution in [2.45, 2.75) is 32.6 Å². The molecule has 0 radical (unpaired) electrons. The molecule has 1 unspecified atom stereocenters. The summed E-state index contributed by atoms with van der Waals surface area (Å²) in [5.74, 6) is 0.514. The molecule has 0 bridgehead atoms. The lowest BCUT2D eigenvalue weighted by molar-refractivity contribution is -0.123. The number of ketones is 1. The van der Waals surface area contributed by atoms with Gasteiger partial charge in [-0.2, -0.15) is 0 Å². The summed E-state index contributed by atoms with van der Waals surface area (Å²) in [6.07, 6.45) is 11.7. The summed E-state index contributed by atoms with van der Waals surface area (Å²) in [5.41, 5.74) is 1.12. The van der Waals surface area contributed by atoms with Gasteiger partial charge < -0.3 is 0 Å². The minimum Gasteiger partial charge on any atom is -0.299 e. The van der Waals surface area contributed by atoms with E-state index in [1.54, 1.807) is 6.08 Å². The summed E-state index contributed by atoms with van der Waals surface area (Å²) in [5, 5.41) is 0. The van der Waals surface area contributed by atoms with Crippen LogP contribution in [0.2, 0.25) is 0 Å². The van der Waals surface area contributed by atoms with Gasteiger partial charge in [-0.15, -0.1) is 0 Å². The SMILES string of the molecule is C=C/C=C(\C=C/C)C1CCCCC1=O. The molecule has 14 heavy (non-hydrogen) atoms. The summed E-state index contributed by atoms with van der Waals surface area (Å²) in [7, 11) is 0. The highest BCUT2D eigenvalue weighted by atomic mass is 16.1. The molecule has 0 heterocycles. The molecule has 0 N–H and O–H groups in total. The van der Waals surface area contributed by atoms with Crippen LogP contribution in [-0.4, -0.2) is 5.78 Å². The first-order chi connectivity index (χ1) is 6.79. The van der Waals surface area contributed by atoms with Crippen molar-refractivity contribution in [3.63, 3.8) is 0 Å². The molecule has 1 saturated carbocycles. The van der Waals surface area contributed by atoms with E-state index >= 15 is 0 Å². The van der Waals surface area contributed by atoms with Crippen molar-refractivity contribution >= 4 is 5.78 Å². The standard InChI is InChI=1S/C13H18O/c1-3-7-11(8-4-2)12-9-5-6-10-13(12)14/h3-4,7-8,12H,1,5-6,9-10H2,2H3/b8-4-,11-7+. The first-order valence-electron chi connectivity index (χ1n) is 5.27. The largest absolute Gasteiger partial charge is 0.299 e. The van der Waals surface area contributed by atoms with Gasteiger partial charge in [0, 0.05) is 12.3 Å². The smallest absolute Gasteiger partial charge is 0.140 e. The summed E-state index contributed by atoms with van der Waals surface area (Å²) >= 11 is 0. The number of hydrogen-bond acceptors (Lipinski definition) is 1. The van der Waals surface area contributed by atoms with Gasteiger partial charge in [0.15, 0.2) is 0 Å². The molecule has 0 aliphatic heterocycles. The summed E-state index contributed by atoms with van der Waals surface area (Å²) in [4.78, 5) is 11.7. The monoisotopic (exact) mass is 190 g/mol. The molecule has 0 aromatic heterocycles. The molecule has 1 fully saturated rings. The molecule has 0 amide bonds. The first-order valence-corrected chi connectivity index (χ1v) is 5.27. The summed E-state index contributed by atoms with van der Waals surface area (Å²) in [6, 6.07) is 0. The van der Waals surface area contributed by atoms with Crippen LogP contribution in [0.1, 0.15) is 32.6 Å². The number of allylic oxidation sites excluding steroid dienone is 5. The summed E-state index contributed by atoms with van der Waals surface area (Å²) in [6.45, 7) is 5.66. The van der Waals surface area contributed by atoms with Gasteiger partial charge in [-0.3, -0.25) is 4.79 Å². The van der Waals surface area contributed by atoms with Gasteiger partial charge >= 0.3 is 0 Å². The van der Waals surface area contributed by atoms with E-state index in [0.29, 0.717) is 5.78 Å². The Labute approximate surface area is 86.2 Å². The molecule has 1 aliphatic rings.